The molecule has 0 atom stereocenters. The fourth-order valence-corrected chi connectivity index (χ4v) is 2.60. The SMILES string of the molecule is CCN(Cc1ccncc1)C(=S)Nc1ccc(C(C)(C)C)cc1. The van der Waals surface area contributed by atoms with Crippen molar-refractivity contribution in [1.82, 2.24) is 9.88 Å². The van der Waals surface area contributed by atoms with Gasteiger partial charge in [0, 0.05) is 31.2 Å². The predicted octanol–water partition coefficient (Wildman–Crippen LogP) is 4.60. The molecule has 1 N–H and O–H groups in total. The summed E-state index contributed by atoms with van der Waals surface area (Å²) in [6, 6.07) is 12.5. The van der Waals surface area contributed by atoms with Gasteiger partial charge in [0.25, 0.3) is 0 Å². The Morgan fingerprint density at radius 2 is 1.70 bits per heavy atom. The molecule has 0 fully saturated rings. The van der Waals surface area contributed by atoms with Gasteiger partial charge in [0.2, 0.25) is 0 Å². The van der Waals surface area contributed by atoms with Gasteiger partial charge in [-0.1, -0.05) is 32.9 Å². The molecule has 122 valence electrons. The van der Waals surface area contributed by atoms with E-state index in [-0.39, 0.29) is 5.41 Å². The lowest BCUT2D eigenvalue weighted by Crippen LogP contribution is -2.34. The van der Waals surface area contributed by atoms with Gasteiger partial charge in [0.1, 0.15) is 0 Å². The molecule has 0 unspecified atom stereocenters. The molecular formula is C19H25N3S. The van der Waals surface area contributed by atoms with Crippen LogP contribution in [-0.4, -0.2) is 21.5 Å². The Labute approximate surface area is 144 Å². The van der Waals surface area contributed by atoms with Gasteiger partial charge in [-0.3, -0.25) is 4.98 Å². The van der Waals surface area contributed by atoms with Crippen LogP contribution < -0.4 is 5.32 Å². The van der Waals surface area contributed by atoms with Crippen LogP contribution in [0.3, 0.4) is 0 Å². The van der Waals surface area contributed by atoms with Crippen molar-refractivity contribution in [3.05, 3.63) is 59.9 Å². The zero-order valence-corrected chi connectivity index (χ0v) is 15.2. The number of nitrogens with zero attached hydrogens (tertiary/aromatic N) is 2. The van der Waals surface area contributed by atoms with Gasteiger partial charge >= 0.3 is 0 Å². The molecule has 0 aliphatic heterocycles. The summed E-state index contributed by atoms with van der Waals surface area (Å²) >= 11 is 5.56. The molecule has 0 aliphatic rings. The second-order valence-electron chi connectivity index (χ2n) is 6.63. The molecule has 0 spiro atoms. The number of benzene rings is 1. The van der Waals surface area contributed by atoms with Crippen LogP contribution in [0.4, 0.5) is 5.69 Å². The zero-order valence-electron chi connectivity index (χ0n) is 14.3. The first-order valence-electron chi connectivity index (χ1n) is 7.95. The van der Waals surface area contributed by atoms with Gasteiger partial charge < -0.3 is 10.2 Å². The van der Waals surface area contributed by atoms with Crippen molar-refractivity contribution in [2.24, 2.45) is 0 Å². The average molecular weight is 327 g/mol. The van der Waals surface area contributed by atoms with Crippen molar-refractivity contribution in [1.29, 1.82) is 0 Å². The van der Waals surface area contributed by atoms with Crippen molar-refractivity contribution >= 4 is 23.0 Å². The number of hydrogen-bond donors (Lipinski definition) is 1. The standard InChI is InChI=1S/C19H25N3S/c1-5-22(14-15-10-12-20-13-11-15)18(23)21-17-8-6-16(7-9-17)19(2,3)4/h6-13H,5,14H2,1-4H3,(H,21,23). The smallest absolute Gasteiger partial charge is 0.173 e. The number of thiocarbonyl (C=S) groups is 1. The fourth-order valence-electron chi connectivity index (χ4n) is 2.29. The number of rotatable bonds is 4. The minimum Gasteiger partial charge on any atom is -0.345 e. The van der Waals surface area contributed by atoms with Crippen LogP contribution >= 0.6 is 12.2 Å². The number of aromatic nitrogens is 1. The van der Waals surface area contributed by atoms with E-state index in [0.717, 1.165) is 23.9 Å². The quantitative estimate of drug-likeness (QED) is 0.831. The highest BCUT2D eigenvalue weighted by Gasteiger charge is 2.13. The highest BCUT2D eigenvalue weighted by atomic mass is 32.1. The number of nitrogens with one attached hydrogen (secondary N) is 1. The van der Waals surface area contributed by atoms with Crippen LogP contribution in [0.2, 0.25) is 0 Å². The van der Waals surface area contributed by atoms with Crippen LogP contribution in [0.15, 0.2) is 48.8 Å². The van der Waals surface area contributed by atoms with E-state index in [1.807, 2.05) is 24.5 Å². The molecular weight excluding hydrogens is 302 g/mol. The van der Waals surface area contributed by atoms with E-state index in [1.54, 1.807) is 0 Å². The summed E-state index contributed by atoms with van der Waals surface area (Å²) in [5, 5.41) is 4.08. The molecule has 3 nitrogen and oxygen atoms in total. The molecule has 1 heterocycles. The minimum absolute atomic E-state index is 0.163. The van der Waals surface area contributed by atoms with E-state index in [0.29, 0.717) is 0 Å². The topological polar surface area (TPSA) is 28.2 Å². The van der Waals surface area contributed by atoms with Gasteiger partial charge in [0.15, 0.2) is 5.11 Å². The Hall–Kier alpha value is -1.94. The lowest BCUT2D eigenvalue weighted by molar-refractivity contribution is 0.442. The highest BCUT2D eigenvalue weighted by Crippen LogP contribution is 2.23. The largest absolute Gasteiger partial charge is 0.345 e. The Balaban J connectivity index is 2.02. The van der Waals surface area contributed by atoms with E-state index in [2.05, 4.69) is 67.2 Å². The van der Waals surface area contributed by atoms with Crippen LogP contribution in [0.1, 0.15) is 38.8 Å². The zero-order chi connectivity index (χ0) is 16.9. The summed E-state index contributed by atoms with van der Waals surface area (Å²) in [7, 11) is 0. The second-order valence-corrected chi connectivity index (χ2v) is 7.01. The summed E-state index contributed by atoms with van der Waals surface area (Å²) < 4.78 is 0. The first-order valence-corrected chi connectivity index (χ1v) is 8.36. The van der Waals surface area contributed by atoms with Crippen LogP contribution in [-0.2, 0) is 12.0 Å². The molecule has 1 aromatic heterocycles. The summed E-state index contributed by atoms with van der Waals surface area (Å²) in [6.07, 6.45) is 3.62. The van der Waals surface area contributed by atoms with Crippen molar-refractivity contribution < 1.29 is 0 Å². The number of hydrogen-bond acceptors (Lipinski definition) is 2. The average Bonchev–Trinajstić information content (AvgIpc) is 2.53. The molecule has 2 aromatic rings. The summed E-state index contributed by atoms with van der Waals surface area (Å²) in [5.74, 6) is 0. The Kier molecular flexibility index (Phi) is 5.72. The molecule has 4 heteroatoms. The monoisotopic (exact) mass is 327 g/mol. The summed E-state index contributed by atoms with van der Waals surface area (Å²) in [4.78, 5) is 6.19. The van der Waals surface area contributed by atoms with E-state index in [1.165, 1.54) is 11.1 Å². The maximum atomic E-state index is 5.56. The number of pyridine rings is 1. The Morgan fingerprint density at radius 1 is 1.09 bits per heavy atom. The first kappa shape index (κ1) is 17.4. The lowest BCUT2D eigenvalue weighted by Gasteiger charge is -2.25. The van der Waals surface area contributed by atoms with Crippen LogP contribution in [0, 0.1) is 0 Å². The third-order valence-electron chi connectivity index (χ3n) is 3.79. The molecule has 2 rings (SSSR count). The van der Waals surface area contributed by atoms with Gasteiger partial charge in [-0.15, -0.1) is 0 Å². The van der Waals surface area contributed by atoms with Crippen LogP contribution in [0.25, 0.3) is 0 Å². The van der Waals surface area contributed by atoms with Crippen molar-refractivity contribution in [2.45, 2.75) is 39.7 Å². The third-order valence-corrected chi connectivity index (χ3v) is 4.15. The molecule has 1 aromatic carbocycles. The van der Waals surface area contributed by atoms with Gasteiger partial charge in [-0.05, 0) is 59.9 Å². The Morgan fingerprint density at radius 3 is 2.22 bits per heavy atom. The highest BCUT2D eigenvalue weighted by molar-refractivity contribution is 7.80. The lowest BCUT2D eigenvalue weighted by atomic mass is 9.87. The van der Waals surface area contributed by atoms with E-state index >= 15 is 0 Å². The maximum absolute atomic E-state index is 5.56. The second kappa shape index (κ2) is 7.55. The van der Waals surface area contributed by atoms with Gasteiger partial charge in [-0.25, -0.2) is 0 Å². The van der Waals surface area contributed by atoms with Crippen molar-refractivity contribution in [3.63, 3.8) is 0 Å². The van der Waals surface area contributed by atoms with E-state index in [9.17, 15) is 0 Å². The predicted molar refractivity (Wildman–Crippen MR) is 102 cm³/mol. The molecule has 0 saturated carbocycles. The van der Waals surface area contributed by atoms with Gasteiger partial charge in [0.05, 0.1) is 0 Å². The molecule has 0 aliphatic carbocycles. The maximum Gasteiger partial charge on any atom is 0.173 e. The summed E-state index contributed by atoms with van der Waals surface area (Å²) in [5.41, 5.74) is 3.71. The van der Waals surface area contributed by atoms with E-state index in [4.69, 9.17) is 12.2 Å². The normalized spacial score (nSPS) is 11.1. The van der Waals surface area contributed by atoms with E-state index < -0.39 is 0 Å². The fraction of sp³-hybridized carbons (Fsp3) is 0.368. The molecule has 0 radical (unpaired) electrons. The number of anilines is 1. The molecule has 0 saturated heterocycles. The summed E-state index contributed by atoms with van der Waals surface area (Å²) in [6.45, 7) is 10.4. The Bertz CT molecular complexity index is 630. The van der Waals surface area contributed by atoms with Crippen LogP contribution in [0.5, 0.6) is 0 Å². The van der Waals surface area contributed by atoms with Crippen molar-refractivity contribution in [3.8, 4) is 0 Å². The minimum atomic E-state index is 0.163. The first-order chi connectivity index (χ1) is 10.9. The molecule has 23 heavy (non-hydrogen) atoms. The van der Waals surface area contributed by atoms with Crippen molar-refractivity contribution in [2.75, 3.05) is 11.9 Å². The molecule has 0 amide bonds. The van der Waals surface area contributed by atoms with Gasteiger partial charge in [-0.2, -0.15) is 0 Å². The molecule has 0 bridgehead atoms. The third kappa shape index (κ3) is 5.03.